The van der Waals surface area contributed by atoms with Crippen LogP contribution < -0.4 is 10.6 Å². The third-order valence-corrected chi connectivity index (χ3v) is 5.19. The van der Waals surface area contributed by atoms with Crippen molar-refractivity contribution in [3.8, 4) is 0 Å². The molecule has 6 heteroatoms. The first-order valence-electron chi connectivity index (χ1n) is 8.35. The molecule has 1 aliphatic heterocycles. The number of hydrogen-bond donors (Lipinski definition) is 2. The Kier molecular flexibility index (Phi) is 7.12. The lowest BCUT2D eigenvalue weighted by Crippen LogP contribution is -2.39. The van der Waals surface area contributed by atoms with Crippen molar-refractivity contribution < 1.29 is 0 Å². The van der Waals surface area contributed by atoms with Gasteiger partial charge in [0.25, 0.3) is 0 Å². The molecule has 1 unspecified atom stereocenters. The van der Waals surface area contributed by atoms with E-state index in [-0.39, 0.29) is 0 Å². The highest BCUT2D eigenvalue weighted by molar-refractivity contribution is 7.11. The van der Waals surface area contributed by atoms with E-state index < -0.39 is 0 Å². The molecule has 1 atom stereocenters. The number of nitrogens with zero attached hydrogens (tertiary/aromatic N) is 3. The highest BCUT2D eigenvalue weighted by Crippen LogP contribution is 2.15. The number of aromatic nitrogens is 1. The zero-order chi connectivity index (χ0) is 15.8. The Balaban J connectivity index is 1.69. The summed E-state index contributed by atoms with van der Waals surface area (Å²) in [4.78, 5) is 12.6. The van der Waals surface area contributed by atoms with Gasteiger partial charge in [-0.1, -0.05) is 13.8 Å². The Bertz CT molecular complexity index is 471. The maximum Gasteiger partial charge on any atom is 0.191 e. The van der Waals surface area contributed by atoms with Crippen molar-refractivity contribution in [2.24, 2.45) is 10.9 Å². The van der Waals surface area contributed by atoms with E-state index in [0.29, 0.717) is 0 Å². The van der Waals surface area contributed by atoms with Gasteiger partial charge in [-0.15, -0.1) is 11.3 Å². The minimum atomic E-state index is 0.733. The van der Waals surface area contributed by atoms with E-state index in [1.165, 1.54) is 37.4 Å². The second kappa shape index (κ2) is 9.10. The zero-order valence-corrected chi connectivity index (χ0v) is 14.9. The molecule has 0 amide bonds. The van der Waals surface area contributed by atoms with Crippen LogP contribution in [0.5, 0.6) is 0 Å². The van der Waals surface area contributed by atoms with Crippen LogP contribution in [0.25, 0.3) is 0 Å². The number of aliphatic imine (C=N–C) groups is 1. The molecular formula is C16H29N5S. The summed E-state index contributed by atoms with van der Waals surface area (Å²) >= 11 is 1.77. The number of thiazole rings is 1. The van der Waals surface area contributed by atoms with Gasteiger partial charge in [0.1, 0.15) is 5.01 Å². The molecule has 22 heavy (non-hydrogen) atoms. The van der Waals surface area contributed by atoms with Gasteiger partial charge in [0.15, 0.2) is 5.96 Å². The molecule has 1 saturated heterocycles. The van der Waals surface area contributed by atoms with E-state index in [1.807, 2.05) is 13.2 Å². The van der Waals surface area contributed by atoms with Crippen LogP contribution in [0.15, 0.2) is 11.2 Å². The fourth-order valence-corrected chi connectivity index (χ4v) is 3.62. The van der Waals surface area contributed by atoms with Crippen molar-refractivity contribution in [3.05, 3.63) is 16.1 Å². The molecule has 1 aromatic rings. The Morgan fingerprint density at radius 2 is 2.32 bits per heavy atom. The van der Waals surface area contributed by atoms with Gasteiger partial charge >= 0.3 is 0 Å². The number of likely N-dealkylation sites (tertiary alicyclic amines) is 1. The van der Waals surface area contributed by atoms with Crippen LogP contribution in [-0.2, 0) is 13.0 Å². The van der Waals surface area contributed by atoms with E-state index in [1.54, 1.807) is 11.3 Å². The van der Waals surface area contributed by atoms with E-state index in [0.717, 1.165) is 36.4 Å². The first-order chi connectivity index (χ1) is 10.7. The van der Waals surface area contributed by atoms with Crippen LogP contribution in [0.2, 0.25) is 0 Å². The van der Waals surface area contributed by atoms with Crippen LogP contribution in [0.1, 0.15) is 36.6 Å². The van der Waals surface area contributed by atoms with Crippen molar-refractivity contribution >= 4 is 17.3 Å². The minimum Gasteiger partial charge on any atom is -0.356 e. The van der Waals surface area contributed by atoms with Crippen molar-refractivity contribution in [1.82, 2.24) is 20.5 Å². The average molecular weight is 324 g/mol. The standard InChI is InChI=1S/C16H29N5S/c1-4-7-21-8-6-13(12-21)9-19-16(17-3)20-11-15-18-10-14(5-2)22-15/h10,13H,4-9,11-12H2,1-3H3,(H2,17,19,20). The fourth-order valence-electron chi connectivity index (χ4n) is 2.81. The monoisotopic (exact) mass is 323 g/mol. The van der Waals surface area contributed by atoms with E-state index in [4.69, 9.17) is 0 Å². The molecule has 2 rings (SSSR count). The maximum absolute atomic E-state index is 4.43. The predicted octanol–water partition coefficient (Wildman–Crippen LogP) is 2.10. The largest absolute Gasteiger partial charge is 0.356 e. The number of guanidine groups is 1. The summed E-state index contributed by atoms with van der Waals surface area (Å²) in [5.41, 5.74) is 0. The van der Waals surface area contributed by atoms with Crippen molar-refractivity contribution in [2.75, 3.05) is 33.2 Å². The summed E-state index contributed by atoms with van der Waals surface area (Å²) in [5.74, 6) is 1.61. The number of rotatable bonds is 7. The van der Waals surface area contributed by atoms with Gasteiger partial charge < -0.3 is 15.5 Å². The summed E-state index contributed by atoms with van der Waals surface area (Å²) in [6.07, 6.45) is 5.56. The molecule has 2 heterocycles. The Morgan fingerprint density at radius 1 is 1.45 bits per heavy atom. The van der Waals surface area contributed by atoms with E-state index in [2.05, 4.69) is 39.4 Å². The van der Waals surface area contributed by atoms with E-state index >= 15 is 0 Å². The van der Waals surface area contributed by atoms with Gasteiger partial charge in [0.05, 0.1) is 6.54 Å². The molecule has 0 saturated carbocycles. The third-order valence-electron chi connectivity index (χ3n) is 4.05. The second-order valence-electron chi connectivity index (χ2n) is 5.84. The number of aryl methyl sites for hydroxylation is 1. The third kappa shape index (κ3) is 5.25. The predicted molar refractivity (Wildman–Crippen MR) is 94.5 cm³/mol. The topological polar surface area (TPSA) is 52.5 Å². The van der Waals surface area contributed by atoms with Crippen LogP contribution in [0, 0.1) is 5.92 Å². The Labute approximate surface area is 138 Å². The second-order valence-corrected chi connectivity index (χ2v) is 7.04. The summed E-state index contributed by atoms with van der Waals surface area (Å²) in [5, 5.41) is 7.93. The highest BCUT2D eigenvalue weighted by atomic mass is 32.1. The molecule has 0 radical (unpaired) electrons. The fraction of sp³-hybridized carbons (Fsp3) is 0.750. The van der Waals surface area contributed by atoms with Gasteiger partial charge in [0.2, 0.25) is 0 Å². The molecule has 0 aromatic carbocycles. The van der Waals surface area contributed by atoms with Crippen LogP contribution in [0.3, 0.4) is 0 Å². The normalized spacial score (nSPS) is 19.6. The van der Waals surface area contributed by atoms with Crippen molar-refractivity contribution in [2.45, 2.75) is 39.7 Å². The zero-order valence-electron chi connectivity index (χ0n) is 14.1. The van der Waals surface area contributed by atoms with Crippen molar-refractivity contribution in [1.29, 1.82) is 0 Å². The van der Waals surface area contributed by atoms with Crippen LogP contribution >= 0.6 is 11.3 Å². The molecule has 2 N–H and O–H groups in total. The molecule has 1 fully saturated rings. The summed E-state index contributed by atoms with van der Waals surface area (Å²) in [7, 11) is 1.83. The Morgan fingerprint density at radius 3 is 3.00 bits per heavy atom. The van der Waals surface area contributed by atoms with E-state index in [9.17, 15) is 0 Å². The molecule has 5 nitrogen and oxygen atoms in total. The molecule has 124 valence electrons. The van der Waals surface area contributed by atoms with Gasteiger partial charge in [-0.25, -0.2) is 4.98 Å². The van der Waals surface area contributed by atoms with Gasteiger partial charge in [-0.05, 0) is 38.3 Å². The smallest absolute Gasteiger partial charge is 0.191 e. The maximum atomic E-state index is 4.43. The summed E-state index contributed by atoms with van der Waals surface area (Å²) in [6, 6.07) is 0. The minimum absolute atomic E-state index is 0.733. The number of nitrogens with one attached hydrogen (secondary N) is 2. The lowest BCUT2D eigenvalue weighted by atomic mass is 10.1. The molecule has 0 spiro atoms. The molecule has 1 aliphatic rings. The van der Waals surface area contributed by atoms with Gasteiger partial charge in [0, 0.05) is 31.2 Å². The first-order valence-corrected chi connectivity index (χ1v) is 9.17. The summed E-state index contributed by atoms with van der Waals surface area (Å²) in [6.45, 7) is 9.84. The summed E-state index contributed by atoms with van der Waals surface area (Å²) < 4.78 is 0. The highest BCUT2D eigenvalue weighted by Gasteiger charge is 2.21. The molecular weight excluding hydrogens is 294 g/mol. The van der Waals surface area contributed by atoms with Gasteiger partial charge in [-0.2, -0.15) is 0 Å². The Hall–Kier alpha value is -1.14. The quantitative estimate of drug-likeness (QED) is 0.596. The van der Waals surface area contributed by atoms with Crippen LogP contribution in [0.4, 0.5) is 0 Å². The first kappa shape index (κ1) is 17.2. The average Bonchev–Trinajstić information content (AvgIpc) is 3.17. The molecule has 0 aliphatic carbocycles. The molecule has 0 bridgehead atoms. The number of hydrogen-bond acceptors (Lipinski definition) is 4. The SMILES string of the molecule is CCCN1CCC(CNC(=NC)NCc2ncc(CC)s2)C1. The lowest BCUT2D eigenvalue weighted by molar-refractivity contribution is 0.324. The van der Waals surface area contributed by atoms with Crippen LogP contribution in [-0.4, -0.2) is 49.1 Å². The van der Waals surface area contributed by atoms with Crippen molar-refractivity contribution in [3.63, 3.8) is 0 Å². The lowest BCUT2D eigenvalue weighted by Gasteiger charge is -2.16. The molecule has 1 aromatic heterocycles. The van der Waals surface area contributed by atoms with Gasteiger partial charge in [-0.3, -0.25) is 4.99 Å².